The maximum atomic E-state index is 12.5. The molecule has 1 aliphatic heterocycles. The molecule has 3 heterocycles. The van der Waals surface area contributed by atoms with Crippen molar-refractivity contribution in [1.82, 2.24) is 20.1 Å². The van der Waals surface area contributed by atoms with Crippen molar-refractivity contribution >= 4 is 0 Å². The SMILES string of the molecule is CC(NC1CCC(n2nc(-c3cccnc3)ccc2=O)CC1)c1ccc2c(c1)OCCO2. The Labute approximate surface area is 187 Å². The summed E-state index contributed by atoms with van der Waals surface area (Å²) >= 11 is 0. The molecule has 3 aromatic rings. The number of aromatic nitrogens is 3. The lowest BCUT2D eigenvalue weighted by Gasteiger charge is -2.32. The largest absolute Gasteiger partial charge is 0.486 e. The molecular weight excluding hydrogens is 404 g/mol. The molecule has 7 nitrogen and oxygen atoms in total. The zero-order chi connectivity index (χ0) is 21.9. The maximum absolute atomic E-state index is 12.5. The minimum atomic E-state index is -0.0429. The predicted molar refractivity (Wildman–Crippen MR) is 122 cm³/mol. The molecule has 0 amide bonds. The lowest BCUT2D eigenvalue weighted by atomic mass is 9.90. The van der Waals surface area contributed by atoms with Gasteiger partial charge in [0.25, 0.3) is 5.56 Å². The van der Waals surface area contributed by atoms with Crippen molar-refractivity contribution in [2.45, 2.75) is 50.7 Å². The summed E-state index contributed by atoms with van der Waals surface area (Å²) in [7, 11) is 0. The van der Waals surface area contributed by atoms with E-state index in [9.17, 15) is 4.79 Å². The first-order valence-electron chi connectivity index (χ1n) is 11.3. The second-order valence-corrected chi connectivity index (χ2v) is 8.54. The van der Waals surface area contributed by atoms with Crippen LogP contribution in [0.15, 0.2) is 59.7 Å². The smallest absolute Gasteiger partial charge is 0.267 e. The minimum Gasteiger partial charge on any atom is -0.486 e. The predicted octanol–water partition coefficient (Wildman–Crippen LogP) is 3.91. The number of pyridine rings is 1. The van der Waals surface area contributed by atoms with Crippen molar-refractivity contribution in [2.24, 2.45) is 0 Å². The molecule has 1 unspecified atom stereocenters. The highest BCUT2D eigenvalue weighted by molar-refractivity contribution is 5.56. The van der Waals surface area contributed by atoms with Crippen LogP contribution in [0.25, 0.3) is 11.3 Å². The quantitative estimate of drug-likeness (QED) is 0.659. The standard InChI is InChI=1S/C25H28N4O3/c1-17(18-4-10-23-24(15-18)32-14-13-31-23)27-20-5-7-21(8-6-20)29-25(30)11-9-22(28-29)19-3-2-12-26-16-19/h2-4,9-12,15-17,20-21,27H,5-8,13-14H2,1H3. The summed E-state index contributed by atoms with van der Waals surface area (Å²) in [5.74, 6) is 1.64. The average Bonchev–Trinajstić information content (AvgIpc) is 2.85. The molecule has 5 rings (SSSR count). The first kappa shape index (κ1) is 20.7. The Kier molecular flexibility index (Phi) is 5.90. The molecule has 7 heteroatoms. The third-order valence-electron chi connectivity index (χ3n) is 6.38. The van der Waals surface area contributed by atoms with Gasteiger partial charge in [-0.15, -0.1) is 0 Å². The summed E-state index contributed by atoms with van der Waals surface area (Å²) in [6, 6.07) is 14.1. The van der Waals surface area contributed by atoms with Gasteiger partial charge in [-0.25, -0.2) is 4.68 Å². The molecule has 1 fully saturated rings. The molecule has 0 spiro atoms. The lowest BCUT2D eigenvalue weighted by molar-refractivity contribution is 0.171. The van der Waals surface area contributed by atoms with Gasteiger partial charge in [-0.3, -0.25) is 9.78 Å². The van der Waals surface area contributed by atoms with Gasteiger partial charge in [0, 0.05) is 36.1 Å². The third kappa shape index (κ3) is 4.39. The molecular formula is C25H28N4O3. The number of hydrogen-bond donors (Lipinski definition) is 1. The van der Waals surface area contributed by atoms with E-state index in [1.54, 1.807) is 29.2 Å². The highest BCUT2D eigenvalue weighted by atomic mass is 16.6. The second-order valence-electron chi connectivity index (χ2n) is 8.54. The molecule has 1 atom stereocenters. The normalized spacial score (nSPS) is 21.2. The van der Waals surface area contributed by atoms with Crippen LogP contribution in [0.1, 0.15) is 50.3 Å². The number of ether oxygens (including phenoxy) is 2. The van der Waals surface area contributed by atoms with Crippen LogP contribution in [0.5, 0.6) is 11.5 Å². The van der Waals surface area contributed by atoms with Crippen molar-refractivity contribution in [3.63, 3.8) is 0 Å². The Balaban J connectivity index is 1.22. The summed E-state index contributed by atoms with van der Waals surface area (Å²) < 4.78 is 13.0. The van der Waals surface area contributed by atoms with Crippen LogP contribution >= 0.6 is 0 Å². The van der Waals surface area contributed by atoms with Gasteiger partial charge >= 0.3 is 0 Å². The molecule has 32 heavy (non-hydrogen) atoms. The number of rotatable bonds is 5. The van der Waals surface area contributed by atoms with Crippen molar-refractivity contribution in [2.75, 3.05) is 13.2 Å². The van der Waals surface area contributed by atoms with Gasteiger partial charge in [0.05, 0.1) is 11.7 Å². The lowest BCUT2D eigenvalue weighted by Crippen LogP contribution is -2.37. The van der Waals surface area contributed by atoms with Crippen molar-refractivity contribution in [3.8, 4) is 22.8 Å². The number of benzene rings is 1. The Morgan fingerprint density at radius 3 is 2.62 bits per heavy atom. The summed E-state index contributed by atoms with van der Waals surface area (Å²) in [5, 5.41) is 8.41. The molecule has 1 aromatic carbocycles. The van der Waals surface area contributed by atoms with Gasteiger partial charge in [-0.1, -0.05) is 6.07 Å². The van der Waals surface area contributed by atoms with E-state index >= 15 is 0 Å². The zero-order valence-electron chi connectivity index (χ0n) is 18.2. The monoisotopic (exact) mass is 432 g/mol. The van der Waals surface area contributed by atoms with E-state index in [4.69, 9.17) is 9.47 Å². The van der Waals surface area contributed by atoms with E-state index in [0.717, 1.165) is 48.4 Å². The third-order valence-corrected chi connectivity index (χ3v) is 6.38. The van der Waals surface area contributed by atoms with Gasteiger partial charge in [-0.05, 0) is 68.5 Å². The molecule has 0 saturated heterocycles. The van der Waals surface area contributed by atoms with Crippen LogP contribution in [0.3, 0.4) is 0 Å². The fourth-order valence-corrected chi connectivity index (χ4v) is 4.62. The van der Waals surface area contributed by atoms with Crippen molar-refractivity contribution in [3.05, 3.63) is 70.8 Å². The molecule has 2 aromatic heterocycles. The Bertz CT molecular complexity index is 1120. The zero-order valence-corrected chi connectivity index (χ0v) is 18.2. The van der Waals surface area contributed by atoms with E-state index < -0.39 is 0 Å². The minimum absolute atomic E-state index is 0.0429. The van der Waals surface area contributed by atoms with Gasteiger partial charge in [0.2, 0.25) is 0 Å². The van der Waals surface area contributed by atoms with E-state index in [1.807, 2.05) is 18.2 Å². The number of nitrogens with zero attached hydrogens (tertiary/aromatic N) is 3. The number of nitrogens with one attached hydrogen (secondary N) is 1. The topological polar surface area (TPSA) is 78.3 Å². The van der Waals surface area contributed by atoms with Crippen molar-refractivity contribution in [1.29, 1.82) is 0 Å². The van der Waals surface area contributed by atoms with Gasteiger partial charge in [-0.2, -0.15) is 5.10 Å². The van der Waals surface area contributed by atoms with Crippen LogP contribution < -0.4 is 20.3 Å². The summed E-state index contributed by atoms with van der Waals surface area (Å²) in [4.78, 5) is 16.7. The van der Waals surface area contributed by atoms with E-state index in [-0.39, 0.29) is 17.6 Å². The van der Waals surface area contributed by atoms with Crippen LogP contribution in [0, 0.1) is 0 Å². The molecule has 1 saturated carbocycles. The highest BCUT2D eigenvalue weighted by Crippen LogP contribution is 2.34. The van der Waals surface area contributed by atoms with E-state index in [2.05, 4.69) is 34.5 Å². The van der Waals surface area contributed by atoms with Crippen LogP contribution in [0.2, 0.25) is 0 Å². The van der Waals surface area contributed by atoms with Gasteiger partial charge in [0.15, 0.2) is 11.5 Å². The Morgan fingerprint density at radius 1 is 1.03 bits per heavy atom. The second kappa shape index (κ2) is 9.12. The van der Waals surface area contributed by atoms with Gasteiger partial charge in [0.1, 0.15) is 13.2 Å². The fraction of sp³-hybridized carbons (Fsp3) is 0.400. The fourth-order valence-electron chi connectivity index (χ4n) is 4.62. The highest BCUT2D eigenvalue weighted by Gasteiger charge is 2.25. The summed E-state index contributed by atoms with van der Waals surface area (Å²) in [6.45, 7) is 3.38. The first-order chi connectivity index (χ1) is 15.7. The Hall–Kier alpha value is -3.19. The first-order valence-corrected chi connectivity index (χ1v) is 11.3. The summed E-state index contributed by atoms with van der Waals surface area (Å²) in [6.07, 6.45) is 7.37. The molecule has 0 radical (unpaired) electrons. The van der Waals surface area contributed by atoms with Crippen LogP contribution in [0.4, 0.5) is 0 Å². The Morgan fingerprint density at radius 2 is 1.84 bits per heavy atom. The molecule has 0 bridgehead atoms. The number of fused-ring (bicyclic) bond motifs is 1. The average molecular weight is 433 g/mol. The molecule has 166 valence electrons. The van der Waals surface area contributed by atoms with Gasteiger partial charge < -0.3 is 14.8 Å². The number of hydrogen-bond acceptors (Lipinski definition) is 6. The van der Waals surface area contributed by atoms with Crippen LogP contribution in [-0.2, 0) is 0 Å². The van der Waals surface area contributed by atoms with E-state index in [0.29, 0.717) is 19.3 Å². The molecule has 2 aliphatic rings. The van der Waals surface area contributed by atoms with Crippen molar-refractivity contribution < 1.29 is 9.47 Å². The maximum Gasteiger partial charge on any atom is 0.267 e. The molecule has 1 N–H and O–H groups in total. The summed E-state index contributed by atoms with van der Waals surface area (Å²) in [5.41, 5.74) is 2.85. The molecule has 1 aliphatic carbocycles. The van der Waals surface area contributed by atoms with E-state index in [1.165, 1.54) is 5.56 Å². The van der Waals surface area contributed by atoms with Crippen LogP contribution in [-0.4, -0.2) is 34.0 Å².